The molecule has 0 aliphatic heterocycles. The molecule has 0 saturated carbocycles. The van der Waals surface area contributed by atoms with Gasteiger partial charge in [0.05, 0.1) is 20.3 Å². The molecule has 0 bridgehead atoms. The molecule has 0 heterocycles. The van der Waals surface area contributed by atoms with Crippen LogP contribution in [0.3, 0.4) is 0 Å². The van der Waals surface area contributed by atoms with Crippen LogP contribution in [-0.4, -0.2) is 21.3 Å². The van der Waals surface area contributed by atoms with Crippen molar-refractivity contribution < 1.29 is 14.2 Å². The van der Waals surface area contributed by atoms with E-state index in [9.17, 15) is 0 Å². The summed E-state index contributed by atoms with van der Waals surface area (Å²) in [5, 5.41) is 0. The van der Waals surface area contributed by atoms with E-state index in [-0.39, 0.29) is 6.10 Å². The van der Waals surface area contributed by atoms with E-state index in [0.717, 1.165) is 21.5 Å². The number of hydrogen-bond donors (Lipinski definition) is 0. The third kappa shape index (κ3) is 2.63. The lowest BCUT2D eigenvalue weighted by molar-refractivity contribution is 0.119. The molecular weight excluding hydrogens is 260 g/mol. The molecule has 0 N–H and O–H groups in total. The van der Waals surface area contributed by atoms with Gasteiger partial charge in [-0.3, -0.25) is 0 Å². The van der Waals surface area contributed by atoms with Gasteiger partial charge in [0.1, 0.15) is 16.0 Å². The molecule has 1 atom stereocenters. The number of ether oxygens (including phenoxy) is 3. The average Bonchev–Trinajstić information content (AvgIpc) is 2.28. The van der Waals surface area contributed by atoms with E-state index in [4.69, 9.17) is 14.2 Å². The van der Waals surface area contributed by atoms with E-state index < -0.39 is 0 Å². The minimum atomic E-state index is 0.0147. The lowest BCUT2D eigenvalue weighted by Gasteiger charge is -2.15. The van der Waals surface area contributed by atoms with Gasteiger partial charge >= 0.3 is 0 Å². The monoisotopic (exact) mass is 274 g/mol. The maximum Gasteiger partial charge on any atom is 0.137 e. The highest BCUT2D eigenvalue weighted by atomic mass is 79.9. The minimum Gasteiger partial charge on any atom is -0.495 e. The first-order valence-electron chi connectivity index (χ1n) is 4.58. The Balaban J connectivity index is 3.20. The van der Waals surface area contributed by atoms with Gasteiger partial charge in [-0.1, -0.05) is 0 Å². The van der Waals surface area contributed by atoms with Crippen molar-refractivity contribution in [2.75, 3.05) is 21.3 Å². The van der Waals surface area contributed by atoms with Crippen molar-refractivity contribution in [2.45, 2.75) is 13.0 Å². The largest absolute Gasteiger partial charge is 0.495 e. The predicted octanol–water partition coefficient (Wildman–Crippen LogP) is 3.17. The summed E-state index contributed by atoms with van der Waals surface area (Å²) >= 11 is 3.42. The van der Waals surface area contributed by atoms with Crippen molar-refractivity contribution in [2.24, 2.45) is 0 Å². The van der Waals surface area contributed by atoms with Crippen LogP contribution in [0.15, 0.2) is 16.6 Å². The highest BCUT2D eigenvalue weighted by Crippen LogP contribution is 2.37. The molecule has 0 aliphatic rings. The van der Waals surface area contributed by atoms with Crippen LogP contribution in [0.2, 0.25) is 0 Å². The Morgan fingerprint density at radius 3 is 1.87 bits per heavy atom. The van der Waals surface area contributed by atoms with E-state index in [0.29, 0.717) is 0 Å². The van der Waals surface area contributed by atoms with E-state index in [1.54, 1.807) is 21.3 Å². The Labute approximate surface area is 98.5 Å². The van der Waals surface area contributed by atoms with Crippen LogP contribution >= 0.6 is 15.9 Å². The van der Waals surface area contributed by atoms with Gasteiger partial charge in [-0.15, -0.1) is 0 Å². The SMILES string of the molecule is COc1cc(C(C)OC)cc(OC)c1Br. The summed E-state index contributed by atoms with van der Waals surface area (Å²) in [4.78, 5) is 0. The number of hydrogen-bond acceptors (Lipinski definition) is 3. The van der Waals surface area contributed by atoms with Crippen molar-refractivity contribution in [1.82, 2.24) is 0 Å². The zero-order valence-corrected chi connectivity index (χ0v) is 10.9. The van der Waals surface area contributed by atoms with E-state index in [2.05, 4.69) is 15.9 Å². The molecule has 1 aromatic rings. The van der Waals surface area contributed by atoms with E-state index >= 15 is 0 Å². The normalized spacial score (nSPS) is 12.3. The smallest absolute Gasteiger partial charge is 0.137 e. The van der Waals surface area contributed by atoms with Gasteiger partial charge in [-0.05, 0) is 40.5 Å². The van der Waals surface area contributed by atoms with Gasteiger partial charge in [0.25, 0.3) is 0 Å². The van der Waals surface area contributed by atoms with Gasteiger partial charge in [0.15, 0.2) is 0 Å². The highest BCUT2D eigenvalue weighted by Gasteiger charge is 2.13. The van der Waals surface area contributed by atoms with Crippen molar-refractivity contribution in [3.05, 3.63) is 22.2 Å². The fraction of sp³-hybridized carbons (Fsp3) is 0.455. The molecule has 0 aliphatic carbocycles. The summed E-state index contributed by atoms with van der Waals surface area (Å²) in [5.74, 6) is 1.49. The first-order valence-corrected chi connectivity index (χ1v) is 5.37. The summed E-state index contributed by atoms with van der Waals surface area (Å²) < 4.78 is 16.5. The Bertz CT molecular complexity index is 314. The summed E-state index contributed by atoms with van der Waals surface area (Å²) in [6.07, 6.45) is 0.0147. The van der Waals surface area contributed by atoms with Crippen molar-refractivity contribution in [3.63, 3.8) is 0 Å². The second-order valence-corrected chi connectivity index (χ2v) is 3.91. The fourth-order valence-electron chi connectivity index (χ4n) is 1.26. The molecule has 0 amide bonds. The quantitative estimate of drug-likeness (QED) is 0.844. The van der Waals surface area contributed by atoms with E-state index in [1.807, 2.05) is 19.1 Å². The van der Waals surface area contributed by atoms with Gasteiger partial charge in [-0.2, -0.15) is 0 Å². The van der Waals surface area contributed by atoms with Gasteiger partial charge in [-0.25, -0.2) is 0 Å². The molecule has 84 valence electrons. The van der Waals surface area contributed by atoms with Gasteiger partial charge < -0.3 is 14.2 Å². The molecule has 0 saturated heterocycles. The van der Waals surface area contributed by atoms with Crippen molar-refractivity contribution in [1.29, 1.82) is 0 Å². The lowest BCUT2D eigenvalue weighted by atomic mass is 10.1. The van der Waals surface area contributed by atoms with Crippen LogP contribution in [0.5, 0.6) is 11.5 Å². The standard InChI is InChI=1S/C11H15BrO3/c1-7(13-2)8-5-9(14-3)11(12)10(6-8)15-4/h5-7H,1-4H3. The number of halogens is 1. The predicted molar refractivity (Wildman–Crippen MR) is 62.7 cm³/mol. The van der Waals surface area contributed by atoms with Crippen molar-refractivity contribution >= 4 is 15.9 Å². The van der Waals surface area contributed by atoms with Crippen molar-refractivity contribution in [3.8, 4) is 11.5 Å². The summed E-state index contributed by atoms with van der Waals surface area (Å²) in [6.45, 7) is 1.97. The van der Waals surface area contributed by atoms with E-state index in [1.165, 1.54) is 0 Å². The lowest BCUT2D eigenvalue weighted by Crippen LogP contribution is -1.99. The summed E-state index contributed by atoms with van der Waals surface area (Å²) in [7, 11) is 4.92. The van der Waals surface area contributed by atoms with Gasteiger partial charge in [0.2, 0.25) is 0 Å². The topological polar surface area (TPSA) is 27.7 Å². The van der Waals surface area contributed by atoms with Crippen LogP contribution in [0.25, 0.3) is 0 Å². The molecule has 0 radical (unpaired) electrons. The fourth-order valence-corrected chi connectivity index (χ4v) is 1.81. The van der Waals surface area contributed by atoms with Crippen LogP contribution in [-0.2, 0) is 4.74 Å². The Kier molecular flexibility index (Phi) is 4.42. The molecule has 0 spiro atoms. The molecule has 1 unspecified atom stereocenters. The Hall–Kier alpha value is -0.740. The van der Waals surface area contributed by atoms with Crippen LogP contribution in [0.1, 0.15) is 18.6 Å². The van der Waals surface area contributed by atoms with Crippen LogP contribution in [0, 0.1) is 0 Å². The number of benzene rings is 1. The minimum absolute atomic E-state index is 0.0147. The molecule has 4 heteroatoms. The van der Waals surface area contributed by atoms with Crippen LogP contribution in [0.4, 0.5) is 0 Å². The third-order valence-corrected chi connectivity index (χ3v) is 3.07. The molecular formula is C11H15BrO3. The maximum atomic E-state index is 5.25. The maximum absolute atomic E-state index is 5.25. The molecule has 3 nitrogen and oxygen atoms in total. The second kappa shape index (κ2) is 5.37. The third-order valence-electron chi connectivity index (χ3n) is 2.29. The molecule has 0 aromatic heterocycles. The average molecular weight is 275 g/mol. The molecule has 0 fully saturated rings. The second-order valence-electron chi connectivity index (χ2n) is 3.12. The Morgan fingerprint density at radius 1 is 1.07 bits per heavy atom. The first-order chi connectivity index (χ1) is 7.13. The first kappa shape index (κ1) is 12.3. The van der Waals surface area contributed by atoms with Gasteiger partial charge in [0, 0.05) is 7.11 Å². The summed E-state index contributed by atoms with van der Waals surface area (Å²) in [6, 6.07) is 3.86. The number of methoxy groups -OCH3 is 3. The highest BCUT2D eigenvalue weighted by molar-refractivity contribution is 9.10. The zero-order chi connectivity index (χ0) is 11.4. The zero-order valence-electron chi connectivity index (χ0n) is 9.33. The molecule has 1 aromatic carbocycles. The number of rotatable bonds is 4. The molecule has 1 rings (SSSR count). The van der Waals surface area contributed by atoms with Crippen LogP contribution < -0.4 is 9.47 Å². The Morgan fingerprint density at radius 2 is 1.53 bits per heavy atom. The summed E-state index contributed by atoms with van der Waals surface area (Å²) in [5.41, 5.74) is 1.02. The molecule has 15 heavy (non-hydrogen) atoms.